The van der Waals surface area contributed by atoms with Crippen molar-refractivity contribution in [2.45, 2.75) is 32.4 Å². The standard InChI is InChI=1S/C17H20N2O4S2/c1-12-2-4-15(5-3-12)23-9-17-19-14(10-24-17)8-16(20)18-13-6-7-25(21,22)11-13/h2-5,10,13H,6-9,11H2,1H3,(H,18,20). The molecule has 3 rings (SSSR count). The van der Waals surface area contributed by atoms with E-state index in [9.17, 15) is 13.2 Å². The Bertz CT molecular complexity index is 844. The highest BCUT2D eigenvalue weighted by Crippen LogP contribution is 2.17. The Labute approximate surface area is 151 Å². The van der Waals surface area contributed by atoms with Gasteiger partial charge in [-0.25, -0.2) is 13.4 Å². The molecule has 25 heavy (non-hydrogen) atoms. The van der Waals surface area contributed by atoms with Crippen LogP contribution in [0.3, 0.4) is 0 Å². The fraction of sp³-hybridized carbons (Fsp3) is 0.412. The number of amides is 1. The monoisotopic (exact) mass is 380 g/mol. The molecule has 134 valence electrons. The van der Waals surface area contributed by atoms with Gasteiger partial charge >= 0.3 is 0 Å². The van der Waals surface area contributed by atoms with E-state index in [4.69, 9.17) is 4.74 Å². The number of aryl methyl sites for hydroxylation is 1. The second-order valence-electron chi connectivity index (χ2n) is 6.18. The highest BCUT2D eigenvalue weighted by Gasteiger charge is 2.28. The molecule has 0 spiro atoms. The van der Waals surface area contributed by atoms with Gasteiger partial charge in [0.25, 0.3) is 0 Å². The van der Waals surface area contributed by atoms with Crippen molar-refractivity contribution in [3.63, 3.8) is 0 Å². The lowest BCUT2D eigenvalue weighted by Gasteiger charge is -2.09. The van der Waals surface area contributed by atoms with Crippen LogP contribution in [0.5, 0.6) is 5.75 Å². The number of sulfone groups is 1. The maximum Gasteiger partial charge on any atom is 0.226 e. The predicted molar refractivity (Wildman–Crippen MR) is 96.5 cm³/mol. The van der Waals surface area contributed by atoms with Crippen LogP contribution in [-0.4, -0.2) is 36.9 Å². The zero-order chi connectivity index (χ0) is 17.9. The van der Waals surface area contributed by atoms with Gasteiger partial charge in [-0.2, -0.15) is 0 Å². The lowest BCUT2D eigenvalue weighted by atomic mass is 10.2. The summed E-state index contributed by atoms with van der Waals surface area (Å²) in [6, 6.07) is 7.51. The maximum absolute atomic E-state index is 12.0. The highest BCUT2D eigenvalue weighted by molar-refractivity contribution is 7.91. The maximum atomic E-state index is 12.0. The van der Waals surface area contributed by atoms with Gasteiger partial charge in [0.1, 0.15) is 17.4 Å². The first-order valence-corrected chi connectivity index (χ1v) is 10.7. The van der Waals surface area contributed by atoms with Gasteiger partial charge in [-0.15, -0.1) is 11.3 Å². The third-order valence-corrected chi connectivity index (χ3v) is 6.56. The van der Waals surface area contributed by atoms with E-state index in [1.807, 2.05) is 36.6 Å². The molecule has 1 aromatic heterocycles. The van der Waals surface area contributed by atoms with E-state index in [1.54, 1.807) is 0 Å². The van der Waals surface area contributed by atoms with Crippen molar-refractivity contribution in [1.82, 2.24) is 10.3 Å². The number of hydrogen-bond acceptors (Lipinski definition) is 6. The number of nitrogens with zero attached hydrogens (tertiary/aromatic N) is 1. The van der Waals surface area contributed by atoms with E-state index in [0.29, 0.717) is 18.7 Å². The summed E-state index contributed by atoms with van der Waals surface area (Å²) < 4.78 is 28.5. The van der Waals surface area contributed by atoms with Crippen molar-refractivity contribution in [3.8, 4) is 5.75 Å². The third kappa shape index (κ3) is 5.27. The number of nitrogens with one attached hydrogen (secondary N) is 1. The summed E-state index contributed by atoms with van der Waals surface area (Å²) in [6.07, 6.45) is 0.637. The summed E-state index contributed by atoms with van der Waals surface area (Å²) in [5, 5.41) is 5.40. The molecule has 1 aliphatic rings. The molecule has 0 bridgehead atoms. The minimum atomic E-state index is -2.99. The topological polar surface area (TPSA) is 85.4 Å². The van der Waals surface area contributed by atoms with Crippen molar-refractivity contribution in [3.05, 3.63) is 45.9 Å². The van der Waals surface area contributed by atoms with E-state index < -0.39 is 9.84 Å². The highest BCUT2D eigenvalue weighted by atomic mass is 32.2. The molecule has 0 radical (unpaired) electrons. The molecule has 0 saturated carbocycles. The summed E-state index contributed by atoms with van der Waals surface area (Å²) in [5.41, 5.74) is 1.84. The van der Waals surface area contributed by atoms with Crippen LogP contribution in [0, 0.1) is 6.92 Å². The minimum absolute atomic E-state index is 0.0332. The summed E-state index contributed by atoms with van der Waals surface area (Å²) in [5.74, 6) is 0.765. The van der Waals surface area contributed by atoms with Gasteiger partial charge in [-0.05, 0) is 25.5 Å². The number of ether oxygens (including phenoxy) is 1. The molecule has 1 fully saturated rings. The number of hydrogen-bond donors (Lipinski definition) is 1. The van der Waals surface area contributed by atoms with Crippen LogP contribution in [0.25, 0.3) is 0 Å². The van der Waals surface area contributed by atoms with Crippen molar-refractivity contribution in [1.29, 1.82) is 0 Å². The van der Waals surface area contributed by atoms with Crippen molar-refractivity contribution < 1.29 is 17.9 Å². The molecule has 1 N–H and O–H groups in total. The quantitative estimate of drug-likeness (QED) is 0.827. The largest absolute Gasteiger partial charge is 0.486 e. The van der Waals surface area contributed by atoms with Crippen LogP contribution < -0.4 is 10.1 Å². The lowest BCUT2D eigenvalue weighted by Crippen LogP contribution is -2.36. The predicted octanol–water partition coefficient (Wildman–Crippen LogP) is 1.88. The summed E-state index contributed by atoms with van der Waals surface area (Å²) in [6.45, 7) is 2.37. The number of carbonyl (C=O) groups is 1. The van der Waals surface area contributed by atoms with E-state index in [0.717, 1.165) is 10.8 Å². The molecule has 6 nitrogen and oxygen atoms in total. The fourth-order valence-electron chi connectivity index (χ4n) is 2.63. The summed E-state index contributed by atoms with van der Waals surface area (Å²) in [4.78, 5) is 16.4. The molecule has 2 aromatic rings. The van der Waals surface area contributed by atoms with Gasteiger partial charge in [0, 0.05) is 11.4 Å². The summed E-state index contributed by atoms with van der Waals surface area (Å²) in [7, 11) is -2.99. The van der Waals surface area contributed by atoms with E-state index in [-0.39, 0.29) is 29.9 Å². The van der Waals surface area contributed by atoms with Crippen LogP contribution in [0.1, 0.15) is 22.7 Å². The molecular formula is C17H20N2O4S2. The third-order valence-electron chi connectivity index (χ3n) is 3.92. The average Bonchev–Trinajstić information content (AvgIpc) is 3.13. The molecule has 1 saturated heterocycles. The minimum Gasteiger partial charge on any atom is -0.486 e. The molecule has 1 unspecified atom stereocenters. The second kappa shape index (κ2) is 7.53. The van der Waals surface area contributed by atoms with Crippen LogP contribution in [-0.2, 0) is 27.7 Å². The number of benzene rings is 1. The first-order chi connectivity index (χ1) is 11.9. The van der Waals surface area contributed by atoms with E-state index in [1.165, 1.54) is 16.9 Å². The smallest absolute Gasteiger partial charge is 0.226 e. The number of carbonyl (C=O) groups excluding carboxylic acids is 1. The first kappa shape index (κ1) is 17.9. The van der Waals surface area contributed by atoms with Gasteiger partial charge in [0.2, 0.25) is 5.91 Å². The van der Waals surface area contributed by atoms with Gasteiger partial charge in [0.15, 0.2) is 9.84 Å². The average molecular weight is 380 g/mol. The Morgan fingerprint density at radius 1 is 1.36 bits per heavy atom. The fourth-order valence-corrected chi connectivity index (χ4v) is 5.01. The zero-order valence-corrected chi connectivity index (χ0v) is 15.5. The Morgan fingerprint density at radius 3 is 2.80 bits per heavy atom. The van der Waals surface area contributed by atoms with Crippen molar-refractivity contribution >= 4 is 27.1 Å². The van der Waals surface area contributed by atoms with Crippen molar-refractivity contribution in [2.24, 2.45) is 0 Å². The molecule has 2 heterocycles. The molecule has 8 heteroatoms. The molecule has 1 atom stereocenters. The zero-order valence-electron chi connectivity index (χ0n) is 13.9. The van der Waals surface area contributed by atoms with E-state index in [2.05, 4.69) is 10.3 Å². The second-order valence-corrected chi connectivity index (χ2v) is 9.35. The molecule has 1 aromatic carbocycles. The molecule has 1 amide bonds. The Balaban J connectivity index is 1.48. The van der Waals surface area contributed by atoms with Crippen molar-refractivity contribution in [2.75, 3.05) is 11.5 Å². The lowest BCUT2D eigenvalue weighted by molar-refractivity contribution is -0.121. The SMILES string of the molecule is Cc1ccc(OCc2nc(CC(=O)NC3CCS(=O)(=O)C3)cs2)cc1. The van der Waals surface area contributed by atoms with Crippen LogP contribution in [0.2, 0.25) is 0 Å². The number of thiazole rings is 1. The Hall–Kier alpha value is -1.93. The molecule has 0 aliphatic carbocycles. The normalized spacial score (nSPS) is 18.8. The van der Waals surface area contributed by atoms with Gasteiger partial charge in [-0.3, -0.25) is 4.79 Å². The first-order valence-electron chi connectivity index (χ1n) is 8.02. The molecule has 1 aliphatic heterocycles. The van der Waals surface area contributed by atoms with Crippen LogP contribution in [0.15, 0.2) is 29.6 Å². The van der Waals surface area contributed by atoms with Crippen LogP contribution in [0.4, 0.5) is 0 Å². The number of aromatic nitrogens is 1. The number of rotatable bonds is 6. The van der Waals surface area contributed by atoms with E-state index >= 15 is 0 Å². The summed E-state index contributed by atoms with van der Waals surface area (Å²) >= 11 is 1.44. The molecular weight excluding hydrogens is 360 g/mol. The van der Waals surface area contributed by atoms with Gasteiger partial charge in [-0.1, -0.05) is 17.7 Å². The van der Waals surface area contributed by atoms with Crippen LogP contribution >= 0.6 is 11.3 Å². The van der Waals surface area contributed by atoms with Gasteiger partial charge in [0.05, 0.1) is 23.6 Å². The Kier molecular flexibility index (Phi) is 5.39. The Morgan fingerprint density at radius 2 is 2.12 bits per heavy atom. The van der Waals surface area contributed by atoms with Gasteiger partial charge < -0.3 is 10.1 Å².